The van der Waals surface area contributed by atoms with Gasteiger partial charge in [0.1, 0.15) is 0 Å². The summed E-state index contributed by atoms with van der Waals surface area (Å²) in [4.78, 5) is 24.1. The zero-order valence-corrected chi connectivity index (χ0v) is 14.8. The Morgan fingerprint density at radius 2 is 1.74 bits per heavy atom. The molecule has 0 saturated heterocycles. The van der Waals surface area contributed by atoms with Gasteiger partial charge in [0.05, 0.1) is 6.04 Å². The number of hydrogen-bond acceptors (Lipinski definition) is 3. The van der Waals surface area contributed by atoms with E-state index in [9.17, 15) is 9.59 Å². The summed E-state index contributed by atoms with van der Waals surface area (Å²) in [5, 5.41) is 5.75. The van der Waals surface area contributed by atoms with Gasteiger partial charge in [-0.25, -0.2) is 0 Å². The molecule has 4 N–H and O–H groups in total. The van der Waals surface area contributed by atoms with Gasteiger partial charge in [0, 0.05) is 16.8 Å². The predicted molar refractivity (Wildman–Crippen MR) is 94.3 cm³/mol. The molecule has 0 radical (unpaired) electrons. The van der Waals surface area contributed by atoms with E-state index in [1.165, 1.54) is 0 Å². The van der Waals surface area contributed by atoms with Crippen LogP contribution < -0.4 is 16.4 Å². The van der Waals surface area contributed by atoms with Gasteiger partial charge in [-0.1, -0.05) is 20.8 Å². The first kappa shape index (κ1) is 19.2. The van der Waals surface area contributed by atoms with E-state index in [-0.39, 0.29) is 17.4 Å². The van der Waals surface area contributed by atoms with E-state index in [0.29, 0.717) is 23.6 Å². The van der Waals surface area contributed by atoms with Crippen LogP contribution in [0.1, 0.15) is 57.8 Å². The molecule has 128 valence electrons. The predicted octanol–water partition coefficient (Wildman–Crippen LogP) is 2.92. The number of benzene rings is 1. The SMILES string of the molecule is CCC(C)(C)NC(=O)c1ccc(NC(=O)[C@@H](N)CC(C)C)cc1. The minimum Gasteiger partial charge on any atom is -0.347 e. The van der Waals surface area contributed by atoms with Crippen molar-refractivity contribution in [3.63, 3.8) is 0 Å². The van der Waals surface area contributed by atoms with E-state index < -0.39 is 6.04 Å². The minimum atomic E-state index is -0.525. The van der Waals surface area contributed by atoms with Crippen LogP contribution in [0.25, 0.3) is 0 Å². The van der Waals surface area contributed by atoms with E-state index in [1.54, 1.807) is 24.3 Å². The molecule has 5 heteroatoms. The highest BCUT2D eigenvalue weighted by atomic mass is 16.2. The van der Waals surface area contributed by atoms with Gasteiger partial charge in [-0.3, -0.25) is 9.59 Å². The van der Waals surface area contributed by atoms with E-state index in [4.69, 9.17) is 5.73 Å². The van der Waals surface area contributed by atoms with Crippen molar-refractivity contribution in [2.24, 2.45) is 11.7 Å². The summed E-state index contributed by atoms with van der Waals surface area (Å²) in [6, 6.07) is 6.31. The Kier molecular flexibility index (Phi) is 6.76. The zero-order chi connectivity index (χ0) is 17.6. The van der Waals surface area contributed by atoms with Crippen LogP contribution in [-0.4, -0.2) is 23.4 Å². The summed E-state index contributed by atoms with van der Waals surface area (Å²) in [6.45, 7) is 10.0. The molecule has 1 rings (SSSR count). The Labute approximate surface area is 139 Å². The van der Waals surface area contributed by atoms with Gasteiger partial charge in [0.2, 0.25) is 5.91 Å². The number of nitrogens with one attached hydrogen (secondary N) is 2. The molecule has 0 aromatic heterocycles. The molecular weight excluding hydrogens is 290 g/mol. The summed E-state index contributed by atoms with van der Waals surface area (Å²) < 4.78 is 0. The van der Waals surface area contributed by atoms with E-state index in [2.05, 4.69) is 10.6 Å². The molecule has 1 aromatic rings. The van der Waals surface area contributed by atoms with Crippen LogP contribution >= 0.6 is 0 Å². The number of anilines is 1. The molecule has 0 unspecified atom stereocenters. The van der Waals surface area contributed by atoms with Gasteiger partial charge in [-0.05, 0) is 56.9 Å². The molecule has 0 heterocycles. The van der Waals surface area contributed by atoms with E-state index in [0.717, 1.165) is 6.42 Å². The fourth-order valence-electron chi connectivity index (χ4n) is 2.02. The van der Waals surface area contributed by atoms with Crippen LogP contribution in [0.2, 0.25) is 0 Å². The maximum absolute atomic E-state index is 12.2. The van der Waals surface area contributed by atoms with Crippen molar-refractivity contribution < 1.29 is 9.59 Å². The third-order valence-corrected chi connectivity index (χ3v) is 3.81. The van der Waals surface area contributed by atoms with E-state index in [1.807, 2.05) is 34.6 Å². The van der Waals surface area contributed by atoms with Gasteiger partial charge < -0.3 is 16.4 Å². The third-order valence-electron chi connectivity index (χ3n) is 3.81. The summed E-state index contributed by atoms with van der Waals surface area (Å²) in [6.07, 6.45) is 1.49. The van der Waals surface area contributed by atoms with Crippen molar-refractivity contribution in [3.05, 3.63) is 29.8 Å². The average molecular weight is 319 g/mol. The molecule has 0 saturated carbocycles. The standard InChI is InChI=1S/C18H29N3O2/c1-6-18(4,5)21-16(22)13-7-9-14(10-8-13)20-17(23)15(19)11-12(2)3/h7-10,12,15H,6,11,19H2,1-5H3,(H,20,23)(H,21,22)/t15-/m0/s1. The fourth-order valence-corrected chi connectivity index (χ4v) is 2.02. The average Bonchev–Trinajstić information content (AvgIpc) is 2.46. The first-order valence-corrected chi connectivity index (χ1v) is 8.13. The normalized spacial score (nSPS) is 12.8. The van der Waals surface area contributed by atoms with Gasteiger partial charge >= 0.3 is 0 Å². The molecule has 0 fully saturated rings. The van der Waals surface area contributed by atoms with Crippen LogP contribution in [0.15, 0.2) is 24.3 Å². The molecule has 5 nitrogen and oxygen atoms in total. The van der Waals surface area contributed by atoms with Gasteiger partial charge in [0.25, 0.3) is 5.91 Å². The third kappa shape index (κ3) is 6.40. The van der Waals surface area contributed by atoms with Crippen molar-refractivity contribution in [1.82, 2.24) is 5.32 Å². The van der Waals surface area contributed by atoms with Crippen LogP contribution in [-0.2, 0) is 4.79 Å². The van der Waals surface area contributed by atoms with Crippen molar-refractivity contribution in [2.45, 2.75) is 59.0 Å². The summed E-state index contributed by atoms with van der Waals surface area (Å²) >= 11 is 0. The number of nitrogens with two attached hydrogens (primary N) is 1. The summed E-state index contributed by atoms with van der Waals surface area (Å²) in [5.74, 6) is 0.0398. The number of amides is 2. The molecule has 1 atom stereocenters. The second-order valence-electron chi connectivity index (χ2n) is 6.99. The lowest BCUT2D eigenvalue weighted by Gasteiger charge is -2.24. The highest BCUT2D eigenvalue weighted by Gasteiger charge is 2.19. The Bertz CT molecular complexity index is 536. The summed E-state index contributed by atoms with van der Waals surface area (Å²) in [5.41, 5.74) is 6.82. The number of carbonyl (C=O) groups is 2. The molecule has 0 aliphatic rings. The fraction of sp³-hybridized carbons (Fsp3) is 0.556. The monoisotopic (exact) mass is 319 g/mol. The molecule has 0 aliphatic carbocycles. The summed E-state index contributed by atoms with van der Waals surface area (Å²) in [7, 11) is 0. The van der Waals surface area contributed by atoms with Crippen molar-refractivity contribution in [1.29, 1.82) is 0 Å². The van der Waals surface area contributed by atoms with Gasteiger partial charge in [-0.2, -0.15) is 0 Å². The number of hydrogen-bond donors (Lipinski definition) is 3. The Morgan fingerprint density at radius 1 is 1.17 bits per heavy atom. The number of rotatable bonds is 7. The van der Waals surface area contributed by atoms with Gasteiger partial charge in [-0.15, -0.1) is 0 Å². The molecule has 0 bridgehead atoms. The van der Waals surface area contributed by atoms with Crippen molar-refractivity contribution in [3.8, 4) is 0 Å². The molecule has 0 aliphatic heterocycles. The van der Waals surface area contributed by atoms with E-state index >= 15 is 0 Å². The quantitative estimate of drug-likeness (QED) is 0.722. The molecule has 0 spiro atoms. The first-order valence-electron chi connectivity index (χ1n) is 8.13. The molecule has 1 aromatic carbocycles. The lowest BCUT2D eigenvalue weighted by Crippen LogP contribution is -2.42. The second-order valence-corrected chi connectivity index (χ2v) is 6.99. The van der Waals surface area contributed by atoms with Crippen LogP contribution in [0.4, 0.5) is 5.69 Å². The lowest BCUT2D eigenvalue weighted by molar-refractivity contribution is -0.117. The smallest absolute Gasteiger partial charge is 0.251 e. The highest BCUT2D eigenvalue weighted by molar-refractivity contribution is 5.97. The Balaban J connectivity index is 2.66. The van der Waals surface area contributed by atoms with Crippen molar-refractivity contribution >= 4 is 17.5 Å². The lowest BCUT2D eigenvalue weighted by atomic mass is 10.0. The maximum Gasteiger partial charge on any atom is 0.251 e. The Morgan fingerprint density at radius 3 is 2.22 bits per heavy atom. The second kappa shape index (κ2) is 8.11. The molecular formula is C18H29N3O2. The highest BCUT2D eigenvalue weighted by Crippen LogP contribution is 2.13. The number of carbonyl (C=O) groups excluding carboxylic acids is 2. The van der Waals surface area contributed by atoms with Crippen molar-refractivity contribution in [2.75, 3.05) is 5.32 Å². The zero-order valence-electron chi connectivity index (χ0n) is 14.8. The van der Waals surface area contributed by atoms with Crippen LogP contribution in [0, 0.1) is 5.92 Å². The van der Waals surface area contributed by atoms with Crippen LogP contribution in [0.3, 0.4) is 0 Å². The Hall–Kier alpha value is -1.88. The molecule has 23 heavy (non-hydrogen) atoms. The maximum atomic E-state index is 12.2. The van der Waals surface area contributed by atoms with Crippen LogP contribution in [0.5, 0.6) is 0 Å². The topological polar surface area (TPSA) is 84.2 Å². The first-order chi connectivity index (χ1) is 10.6. The minimum absolute atomic E-state index is 0.119. The largest absolute Gasteiger partial charge is 0.347 e. The van der Waals surface area contributed by atoms with Gasteiger partial charge in [0.15, 0.2) is 0 Å². The molecule has 2 amide bonds.